The van der Waals surface area contributed by atoms with Gasteiger partial charge in [-0.3, -0.25) is 5.32 Å². The second kappa shape index (κ2) is 35.3. The summed E-state index contributed by atoms with van der Waals surface area (Å²) in [7, 11) is 1.06. The smallest absolute Gasteiger partial charge is 0.411 e. The summed E-state index contributed by atoms with van der Waals surface area (Å²) in [4.78, 5) is 95.8. The summed E-state index contributed by atoms with van der Waals surface area (Å²) in [6.07, 6.45) is -5.01. The van der Waals surface area contributed by atoms with E-state index in [4.69, 9.17) is 88.6 Å². The summed E-state index contributed by atoms with van der Waals surface area (Å²) < 4.78 is 21.3. The van der Waals surface area contributed by atoms with Crippen molar-refractivity contribution < 1.29 is 67.8 Å². The zero-order valence-electron chi connectivity index (χ0n) is 43.5. The van der Waals surface area contributed by atoms with Gasteiger partial charge in [-0.05, 0) is 70.8 Å². The van der Waals surface area contributed by atoms with Crippen LogP contribution >= 0.6 is 69.6 Å². The number of aliphatic carboxylic acids is 3. The van der Waals surface area contributed by atoms with Gasteiger partial charge < -0.3 is 64.9 Å². The van der Waals surface area contributed by atoms with Gasteiger partial charge in [0.2, 0.25) is 0 Å². The molecule has 3 unspecified atom stereocenters. The number of methoxy groups -OCH3 is 1. The molecule has 4 aromatic carbocycles. The lowest BCUT2D eigenvalue weighted by atomic mass is 10.0. The Morgan fingerprint density at radius 3 is 0.950 bits per heavy atom. The van der Waals surface area contributed by atoms with Crippen molar-refractivity contribution >= 4 is 135 Å². The van der Waals surface area contributed by atoms with Crippen molar-refractivity contribution in [1.82, 2.24) is 16.0 Å². The highest BCUT2D eigenvalue weighted by Crippen LogP contribution is 2.28. The molecule has 21 nitrogen and oxygen atoms in total. The Labute approximate surface area is 492 Å². The van der Waals surface area contributed by atoms with Crippen LogP contribution < -0.4 is 36.0 Å². The first-order chi connectivity index (χ1) is 38.4. The van der Waals surface area contributed by atoms with Crippen molar-refractivity contribution in [3.63, 3.8) is 0 Å². The summed E-state index contributed by atoms with van der Waals surface area (Å²) in [5, 5.41) is 39.7. The monoisotopic (exact) mass is 1230 g/mol. The number of hydrogen-bond acceptors (Lipinski definition) is 14. The van der Waals surface area contributed by atoms with Crippen LogP contribution in [0.4, 0.5) is 41.9 Å². The molecular weight excluding hydrogens is 1170 g/mol. The zero-order valence-corrected chi connectivity index (χ0v) is 48.0. The predicted octanol–water partition coefficient (Wildman–Crippen LogP) is 8.48. The number of carboxylic acids is 3. The van der Waals surface area contributed by atoms with Crippen molar-refractivity contribution in [2.75, 3.05) is 102 Å². The fourth-order valence-electron chi connectivity index (χ4n) is 8.01. The number of carboxylic acid groups (broad SMARTS) is 3. The minimum Gasteiger partial charge on any atom is -0.480 e. The third kappa shape index (κ3) is 22.2. The van der Waals surface area contributed by atoms with Crippen LogP contribution in [0, 0.1) is 0 Å². The molecule has 0 aromatic heterocycles. The quantitative estimate of drug-likeness (QED) is 0.0171. The first-order valence-electron chi connectivity index (χ1n) is 24.8. The molecule has 436 valence electrons. The molecule has 0 saturated heterocycles. The van der Waals surface area contributed by atoms with E-state index in [1.807, 2.05) is 14.7 Å². The number of halogens is 6. The van der Waals surface area contributed by atoms with Crippen LogP contribution in [-0.2, 0) is 72.4 Å². The molecule has 0 bridgehead atoms. The summed E-state index contributed by atoms with van der Waals surface area (Å²) in [5.41, 5.74) is 4.07. The Morgan fingerprint density at radius 1 is 0.425 bits per heavy atom. The van der Waals surface area contributed by atoms with E-state index in [2.05, 4.69) is 21.3 Å². The molecule has 0 saturated carbocycles. The third-order valence-corrected chi connectivity index (χ3v) is 13.0. The maximum atomic E-state index is 13.4. The van der Waals surface area contributed by atoms with E-state index in [0.29, 0.717) is 91.2 Å². The second-order valence-corrected chi connectivity index (χ2v) is 19.7. The van der Waals surface area contributed by atoms with Gasteiger partial charge in [0.15, 0.2) is 0 Å². The van der Waals surface area contributed by atoms with Gasteiger partial charge in [0, 0.05) is 122 Å². The van der Waals surface area contributed by atoms with Gasteiger partial charge in [0.05, 0.1) is 12.8 Å². The Balaban J connectivity index is 1.59. The summed E-state index contributed by atoms with van der Waals surface area (Å²) in [6, 6.07) is 19.1. The van der Waals surface area contributed by atoms with Crippen LogP contribution in [0.2, 0.25) is 0 Å². The zero-order chi connectivity index (χ0) is 58.6. The van der Waals surface area contributed by atoms with Gasteiger partial charge in [-0.15, -0.1) is 69.6 Å². The highest BCUT2D eigenvalue weighted by Gasteiger charge is 2.26. The van der Waals surface area contributed by atoms with E-state index in [-0.39, 0.29) is 41.6 Å². The highest BCUT2D eigenvalue weighted by atomic mass is 35.5. The Kier molecular flexibility index (Phi) is 29.1. The van der Waals surface area contributed by atoms with E-state index in [1.165, 1.54) is 12.1 Å². The average molecular weight is 1230 g/mol. The molecule has 0 spiro atoms. The second-order valence-electron chi connectivity index (χ2n) is 17.4. The highest BCUT2D eigenvalue weighted by molar-refractivity contribution is 6.19. The minimum atomic E-state index is -1.48. The maximum absolute atomic E-state index is 13.4. The van der Waals surface area contributed by atoms with Gasteiger partial charge in [0.1, 0.15) is 37.9 Å². The number of hydrogen-bond donors (Lipinski definition) is 7. The number of carbonyl (C=O) groups is 7. The van der Waals surface area contributed by atoms with Crippen molar-refractivity contribution in [2.24, 2.45) is 0 Å². The number of benzene rings is 4. The molecule has 4 amide bonds. The predicted molar refractivity (Wildman–Crippen MR) is 308 cm³/mol. The summed E-state index contributed by atoms with van der Waals surface area (Å²) >= 11 is 35.7. The molecule has 0 aliphatic carbocycles. The number of carbonyl (C=O) groups excluding carboxylic acids is 4. The number of rotatable bonds is 34. The van der Waals surface area contributed by atoms with Crippen LogP contribution in [0.5, 0.6) is 0 Å². The molecule has 0 aliphatic heterocycles. The SMILES string of the molecule is COC(=O)Nc1c(COC(=O)NC(Cc2ccc(N(CCCl)CCCl)cc2)C(=O)O)cc(COC(=O)NC(Cc2ccc(N(CCCl)CCCl)cc2)C(=O)O)cc1COC(=O)NC(Cc1ccc(N(CCCl)CCCl)cc1)C(=O)O. The number of nitrogens with one attached hydrogen (secondary N) is 4. The standard InChI is InChI=1S/C53H63Cl6N7O14/c1-77-50(73)63-46-38(32-79-52(75)61-44(48(69)70)29-35-4-10-41(11-5-35)65(22-16-56)23-17-57)26-37(31-78-51(74)60-43(47(67)68)28-34-2-8-40(9-3-34)64(20-14-54)21-15-55)27-39(46)33-80-53(76)62-45(49(71)72)30-36-6-12-42(13-7-36)66(24-18-58)25-19-59/h2-13,26-27,43-45H,14-25,28-33H2,1H3,(H,60,74)(H,61,75)(H,62,76)(H,63,73)(H,67,68)(H,69,70)(H,71,72). The molecule has 0 radical (unpaired) electrons. The molecule has 7 N–H and O–H groups in total. The van der Waals surface area contributed by atoms with Gasteiger partial charge in [-0.2, -0.15) is 0 Å². The Bertz CT molecular complexity index is 2510. The first kappa shape index (κ1) is 66.0. The van der Waals surface area contributed by atoms with E-state index >= 15 is 0 Å². The molecule has 4 aromatic rings. The van der Waals surface area contributed by atoms with Crippen LogP contribution in [0.25, 0.3) is 0 Å². The van der Waals surface area contributed by atoms with Crippen molar-refractivity contribution in [3.8, 4) is 0 Å². The molecule has 0 fully saturated rings. The van der Waals surface area contributed by atoms with Crippen molar-refractivity contribution in [3.05, 3.63) is 118 Å². The van der Waals surface area contributed by atoms with E-state index in [1.54, 1.807) is 72.8 Å². The number of alkyl halides is 6. The largest absolute Gasteiger partial charge is 0.480 e. The lowest BCUT2D eigenvalue weighted by Crippen LogP contribution is -2.42. The van der Waals surface area contributed by atoms with Crippen molar-refractivity contribution in [2.45, 2.75) is 57.2 Å². The number of anilines is 4. The minimum absolute atomic E-state index is 0.0167. The number of nitrogens with zero attached hydrogens (tertiary/aromatic N) is 3. The number of amides is 4. The van der Waals surface area contributed by atoms with Crippen LogP contribution in [0.1, 0.15) is 33.4 Å². The Hall–Kier alpha value is -6.49. The fourth-order valence-corrected chi connectivity index (χ4v) is 9.23. The van der Waals surface area contributed by atoms with E-state index in [0.717, 1.165) is 24.2 Å². The number of ether oxygens (including phenoxy) is 4. The van der Waals surface area contributed by atoms with Gasteiger partial charge in [-0.1, -0.05) is 36.4 Å². The lowest BCUT2D eigenvalue weighted by Gasteiger charge is -2.23. The Morgan fingerprint density at radius 2 is 0.700 bits per heavy atom. The van der Waals surface area contributed by atoms with E-state index < -0.39 is 80.2 Å². The third-order valence-electron chi connectivity index (χ3n) is 12.0. The topological polar surface area (TPSA) is 275 Å². The molecule has 0 aliphatic rings. The maximum Gasteiger partial charge on any atom is 0.411 e. The fraction of sp³-hybridized carbons (Fsp3) is 0.415. The molecule has 80 heavy (non-hydrogen) atoms. The van der Waals surface area contributed by atoms with Crippen LogP contribution in [0.3, 0.4) is 0 Å². The van der Waals surface area contributed by atoms with Crippen LogP contribution in [0.15, 0.2) is 84.9 Å². The average Bonchev–Trinajstić information content (AvgIpc) is 3.44. The molecular formula is C53H63Cl6N7O14. The molecule has 27 heteroatoms. The van der Waals surface area contributed by atoms with Crippen molar-refractivity contribution in [1.29, 1.82) is 0 Å². The molecule has 3 atom stereocenters. The normalized spacial score (nSPS) is 11.9. The summed E-state index contributed by atoms with van der Waals surface area (Å²) in [5.74, 6) is -2.01. The van der Waals surface area contributed by atoms with Gasteiger partial charge in [-0.25, -0.2) is 33.6 Å². The van der Waals surface area contributed by atoms with Crippen LogP contribution in [-0.4, -0.2) is 157 Å². The van der Waals surface area contributed by atoms with E-state index in [9.17, 15) is 48.9 Å². The first-order valence-corrected chi connectivity index (χ1v) is 28.0. The molecule has 4 rings (SSSR count). The summed E-state index contributed by atoms with van der Waals surface area (Å²) in [6.45, 7) is 1.21. The van der Waals surface area contributed by atoms with Gasteiger partial charge in [0.25, 0.3) is 0 Å². The number of alkyl carbamates (subject to hydrolysis) is 3. The lowest BCUT2D eigenvalue weighted by molar-refractivity contribution is -0.140. The molecule has 0 heterocycles. The van der Waals surface area contributed by atoms with Gasteiger partial charge >= 0.3 is 42.3 Å².